The van der Waals surface area contributed by atoms with E-state index in [0.29, 0.717) is 13.2 Å². The molecule has 76 valence electrons. The van der Waals surface area contributed by atoms with E-state index >= 15 is 0 Å². The molecule has 0 saturated carbocycles. The molecule has 0 aromatic heterocycles. The lowest BCUT2D eigenvalue weighted by molar-refractivity contribution is 0.112. The summed E-state index contributed by atoms with van der Waals surface area (Å²) in [5.74, 6) is 0. The van der Waals surface area contributed by atoms with E-state index in [1.807, 2.05) is 12.2 Å². The van der Waals surface area contributed by atoms with E-state index in [1.54, 1.807) is 0 Å². The van der Waals surface area contributed by atoms with Crippen LogP contribution >= 0.6 is 0 Å². The van der Waals surface area contributed by atoms with Crippen molar-refractivity contribution in [2.24, 2.45) is 0 Å². The first kappa shape index (κ1) is 11.0. The molecule has 0 fully saturated rings. The minimum Gasteiger partial charge on any atom is -0.394 e. The largest absolute Gasteiger partial charge is 0.394 e. The van der Waals surface area contributed by atoms with Gasteiger partial charge in [-0.2, -0.15) is 0 Å². The SMILES string of the molecule is Cc1ccc(/C=C/COCCO)cc1. The van der Waals surface area contributed by atoms with Crippen LogP contribution < -0.4 is 0 Å². The quantitative estimate of drug-likeness (QED) is 0.723. The molecule has 2 heteroatoms. The number of rotatable bonds is 5. The maximum atomic E-state index is 8.46. The van der Waals surface area contributed by atoms with Crippen LogP contribution in [0.5, 0.6) is 0 Å². The third kappa shape index (κ3) is 4.21. The van der Waals surface area contributed by atoms with E-state index in [2.05, 4.69) is 31.2 Å². The Bertz CT molecular complexity index is 275. The number of benzene rings is 1. The van der Waals surface area contributed by atoms with Gasteiger partial charge in [-0.3, -0.25) is 0 Å². The monoisotopic (exact) mass is 192 g/mol. The summed E-state index contributed by atoms with van der Waals surface area (Å²) in [7, 11) is 0. The predicted molar refractivity (Wildman–Crippen MR) is 58.1 cm³/mol. The molecule has 0 atom stereocenters. The van der Waals surface area contributed by atoms with Gasteiger partial charge in [-0.25, -0.2) is 0 Å². The van der Waals surface area contributed by atoms with Crippen molar-refractivity contribution in [3.63, 3.8) is 0 Å². The molecule has 0 spiro atoms. The summed E-state index contributed by atoms with van der Waals surface area (Å²) in [5.41, 5.74) is 2.43. The van der Waals surface area contributed by atoms with Gasteiger partial charge < -0.3 is 9.84 Å². The van der Waals surface area contributed by atoms with Crippen molar-refractivity contribution in [3.05, 3.63) is 41.5 Å². The lowest BCUT2D eigenvalue weighted by Gasteiger charge is -1.96. The topological polar surface area (TPSA) is 29.5 Å². The zero-order valence-electron chi connectivity index (χ0n) is 8.44. The zero-order valence-corrected chi connectivity index (χ0v) is 8.44. The Hall–Kier alpha value is -1.12. The molecule has 1 aromatic carbocycles. The Kier molecular flexibility index (Phi) is 4.97. The first-order chi connectivity index (χ1) is 6.83. The maximum Gasteiger partial charge on any atom is 0.0701 e. The van der Waals surface area contributed by atoms with Crippen LogP contribution in [0, 0.1) is 6.92 Å². The van der Waals surface area contributed by atoms with Gasteiger partial charge in [0.2, 0.25) is 0 Å². The van der Waals surface area contributed by atoms with Gasteiger partial charge in [0.25, 0.3) is 0 Å². The average molecular weight is 192 g/mol. The van der Waals surface area contributed by atoms with Crippen LogP contribution in [-0.4, -0.2) is 24.9 Å². The molecular formula is C12H16O2. The lowest BCUT2D eigenvalue weighted by atomic mass is 10.1. The predicted octanol–water partition coefficient (Wildman–Crippen LogP) is 2.02. The first-order valence-electron chi connectivity index (χ1n) is 4.75. The summed E-state index contributed by atoms with van der Waals surface area (Å²) in [6, 6.07) is 8.29. The minimum atomic E-state index is 0.0817. The third-order valence-electron chi connectivity index (χ3n) is 1.84. The molecular weight excluding hydrogens is 176 g/mol. The summed E-state index contributed by atoms with van der Waals surface area (Å²) in [4.78, 5) is 0. The van der Waals surface area contributed by atoms with E-state index in [9.17, 15) is 0 Å². The summed E-state index contributed by atoms with van der Waals surface area (Å²) in [5, 5.41) is 8.46. The molecule has 14 heavy (non-hydrogen) atoms. The van der Waals surface area contributed by atoms with Gasteiger partial charge in [-0.05, 0) is 12.5 Å². The fraction of sp³-hybridized carbons (Fsp3) is 0.333. The highest BCUT2D eigenvalue weighted by molar-refractivity contribution is 5.49. The smallest absolute Gasteiger partial charge is 0.0701 e. The average Bonchev–Trinajstić information content (AvgIpc) is 2.21. The van der Waals surface area contributed by atoms with Crippen molar-refractivity contribution in [2.45, 2.75) is 6.92 Å². The van der Waals surface area contributed by atoms with Gasteiger partial charge in [0.05, 0.1) is 19.8 Å². The highest BCUT2D eigenvalue weighted by atomic mass is 16.5. The molecule has 0 aliphatic carbocycles. The molecule has 0 unspecified atom stereocenters. The Labute approximate surface area is 84.8 Å². The van der Waals surface area contributed by atoms with Crippen molar-refractivity contribution in [1.29, 1.82) is 0 Å². The highest BCUT2D eigenvalue weighted by Crippen LogP contribution is 2.04. The molecule has 1 rings (SSSR count). The summed E-state index contributed by atoms with van der Waals surface area (Å²) < 4.78 is 5.09. The van der Waals surface area contributed by atoms with Gasteiger partial charge in [0, 0.05) is 0 Å². The molecule has 0 aliphatic rings. The van der Waals surface area contributed by atoms with Crippen molar-refractivity contribution in [1.82, 2.24) is 0 Å². The Balaban J connectivity index is 2.33. The second-order valence-corrected chi connectivity index (χ2v) is 3.11. The summed E-state index contributed by atoms with van der Waals surface area (Å²) in [6.45, 7) is 3.10. The number of hydrogen-bond acceptors (Lipinski definition) is 2. The molecule has 0 aliphatic heterocycles. The Morgan fingerprint density at radius 1 is 1.29 bits per heavy atom. The van der Waals surface area contributed by atoms with Crippen LogP contribution in [0.4, 0.5) is 0 Å². The molecule has 0 radical (unpaired) electrons. The van der Waals surface area contributed by atoms with Crippen LogP contribution in [0.25, 0.3) is 6.08 Å². The summed E-state index contributed by atoms with van der Waals surface area (Å²) in [6.07, 6.45) is 3.96. The Morgan fingerprint density at radius 3 is 2.64 bits per heavy atom. The van der Waals surface area contributed by atoms with Crippen LogP contribution in [-0.2, 0) is 4.74 Å². The van der Waals surface area contributed by atoms with E-state index in [4.69, 9.17) is 9.84 Å². The standard InChI is InChI=1S/C12H16O2/c1-11-4-6-12(7-5-11)3-2-9-14-10-8-13/h2-7,13H,8-10H2,1H3/b3-2+. The van der Waals surface area contributed by atoms with Gasteiger partial charge in [-0.1, -0.05) is 42.0 Å². The Morgan fingerprint density at radius 2 is 2.00 bits per heavy atom. The van der Waals surface area contributed by atoms with E-state index in [1.165, 1.54) is 11.1 Å². The van der Waals surface area contributed by atoms with Crippen LogP contribution in [0.3, 0.4) is 0 Å². The normalized spacial score (nSPS) is 11.0. The van der Waals surface area contributed by atoms with E-state index in [0.717, 1.165) is 0 Å². The van der Waals surface area contributed by atoms with Crippen LogP contribution in [0.1, 0.15) is 11.1 Å². The molecule has 0 saturated heterocycles. The number of aryl methyl sites for hydroxylation is 1. The van der Waals surface area contributed by atoms with Gasteiger partial charge >= 0.3 is 0 Å². The zero-order chi connectivity index (χ0) is 10.2. The molecule has 0 amide bonds. The fourth-order valence-electron chi connectivity index (χ4n) is 1.08. The van der Waals surface area contributed by atoms with Crippen LogP contribution in [0.2, 0.25) is 0 Å². The van der Waals surface area contributed by atoms with Crippen molar-refractivity contribution in [3.8, 4) is 0 Å². The molecule has 1 aromatic rings. The maximum absolute atomic E-state index is 8.46. The number of hydrogen-bond donors (Lipinski definition) is 1. The van der Waals surface area contributed by atoms with E-state index in [-0.39, 0.29) is 6.61 Å². The van der Waals surface area contributed by atoms with Gasteiger partial charge in [-0.15, -0.1) is 0 Å². The third-order valence-corrected chi connectivity index (χ3v) is 1.84. The second kappa shape index (κ2) is 6.35. The van der Waals surface area contributed by atoms with Gasteiger partial charge in [0.15, 0.2) is 0 Å². The fourth-order valence-corrected chi connectivity index (χ4v) is 1.08. The highest BCUT2D eigenvalue weighted by Gasteiger charge is 1.86. The minimum absolute atomic E-state index is 0.0817. The summed E-state index contributed by atoms with van der Waals surface area (Å²) >= 11 is 0. The second-order valence-electron chi connectivity index (χ2n) is 3.11. The lowest BCUT2D eigenvalue weighted by Crippen LogP contribution is -1.97. The van der Waals surface area contributed by atoms with Gasteiger partial charge in [0.1, 0.15) is 0 Å². The first-order valence-corrected chi connectivity index (χ1v) is 4.75. The molecule has 2 nitrogen and oxygen atoms in total. The van der Waals surface area contributed by atoms with Crippen molar-refractivity contribution in [2.75, 3.05) is 19.8 Å². The van der Waals surface area contributed by atoms with Crippen molar-refractivity contribution < 1.29 is 9.84 Å². The molecule has 0 bridgehead atoms. The molecule has 0 heterocycles. The van der Waals surface area contributed by atoms with Crippen LogP contribution in [0.15, 0.2) is 30.3 Å². The van der Waals surface area contributed by atoms with Crippen molar-refractivity contribution >= 4 is 6.08 Å². The number of aliphatic hydroxyl groups is 1. The number of aliphatic hydroxyl groups excluding tert-OH is 1. The number of ether oxygens (including phenoxy) is 1. The van der Waals surface area contributed by atoms with E-state index < -0.39 is 0 Å². The molecule has 1 N–H and O–H groups in total.